The number of hydrogen-bond acceptors (Lipinski definition) is 8. The molecule has 0 radical (unpaired) electrons. The van der Waals surface area contributed by atoms with Gasteiger partial charge >= 0.3 is 5.76 Å². The number of fused-ring (bicyclic) bond motifs is 1. The van der Waals surface area contributed by atoms with Crippen molar-refractivity contribution in [1.29, 1.82) is 0 Å². The first kappa shape index (κ1) is 17.5. The lowest BCUT2D eigenvalue weighted by Gasteiger charge is -2.17. The van der Waals surface area contributed by atoms with Crippen molar-refractivity contribution in [2.45, 2.75) is 17.4 Å². The molecule has 11 heteroatoms. The van der Waals surface area contributed by atoms with E-state index in [1.54, 1.807) is 0 Å². The Hall–Kier alpha value is -2.92. The van der Waals surface area contributed by atoms with E-state index in [0.717, 1.165) is 0 Å². The number of nitrogens with zero attached hydrogens (tertiary/aromatic N) is 3. The molecule has 1 atom stereocenters. The molecular weight excluding hydrogens is 376 g/mol. The summed E-state index contributed by atoms with van der Waals surface area (Å²) >= 11 is 0. The van der Waals surface area contributed by atoms with E-state index < -0.39 is 15.8 Å². The maximum atomic E-state index is 12.9. The van der Waals surface area contributed by atoms with Crippen molar-refractivity contribution >= 4 is 21.1 Å². The number of sulfonamides is 1. The van der Waals surface area contributed by atoms with E-state index in [-0.39, 0.29) is 23.4 Å². The molecular formula is C16H16N4O6S. The summed E-state index contributed by atoms with van der Waals surface area (Å²) in [5, 5.41) is 0. The number of nitrogens with one attached hydrogen (secondary N) is 1. The highest BCUT2D eigenvalue weighted by molar-refractivity contribution is 7.89. The minimum absolute atomic E-state index is 0.0777. The van der Waals surface area contributed by atoms with Gasteiger partial charge in [0.15, 0.2) is 5.58 Å². The first-order valence-corrected chi connectivity index (χ1v) is 9.55. The molecule has 0 bridgehead atoms. The first-order chi connectivity index (χ1) is 13.0. The zero-order chi connectivity index (χ0) is 19.0. The summed E-state index contributed by atoms with van der Waals surface area (Å²) < 4.78 is 42.7. The fourth-order valence-electron chi connectivity index (χ4n) is 2.91. The molecule has 0 amide bonds. The van der Waals surface area contributed by atoms with Crippen molar-refractivity contribution in [2.75, 3.05) is 20.2 Å². The number of oxazole rings is 1. The Bertz CT molecular complexity index is 1140. The quantitative estimate of drug-likeness (QED) is 0.674. The lowest BCUT2D eigenvalue weighted by Crippen LogP contribution is -2.31. The van der Waals surface area contributed by atoms with Gasteiger partial charge in [-0.3, -0.25) is 9.97 Å². The fraction of sp³-hybridized carbons (Fsp3) is 0.312. The molecule has 10 nitrogen and oxygen atoms in total. The van der Waals surface area contributed by atoms with Crippen LogP contribution < -0.4 is 15.2 Å². The molecule has 1 N–H and O–H groups in total. The van der Waals surface area contributed by atoms with Gasteiger partial charge in [0.1, 0.15) is 6.10 Å². The molecule has 1 fully saturated rings. The average molecular weight is 392 g/mol. The molecule has 142 valence electrons. The van der Waals surface area contributed by atoms with Crippen LogP contribution in [0.4, 0.5) is 0 Å². The van der Waals surface area contributed by atoms with Gasteiger partial charge in [0.25, 0.3) is 0 Å². The second-order valence-corrected chi connectivity index (χ2v) is 7.90. The Morgan fingerprint density at radius 1 is 1.30 bits per heavy atom. The van der Waals surface area contributed by atoms with E-state index in [1.807, 2.05) is 0 Å². The van der Waals surface area contributed by atoms with Crippen LogP contribution in [0, 0.1) is 0 Å². The molecule has 1 aromatic carbocycles. The summed E-state index contributed by atoms with van der Waals surface area (Å²) in [4.78, 5) is 21.9. The van der Waals surface area contributed by atoms with E-state index in [1.165, 1.54) is 42.0 Å². The van der Waals surface area contributed by atoms with Crippen LogP contribution in [0.1, 0.15) is 6.42 Å². The summed E-state index contributed by atoms with van der Waals surface area (Å²) in [6.45, 7) is 0.492. The number of ether oxygens (including phenoxy) is 2. The molecule has 2 aromatic heterocycles. The summed E-state index contributed by atoms with van der Waals surface area (Å²) in [6, 6.07) is 4.25. The molecule has 27 heavy (non-hydrogen) atoms. The average Bonchev–Trinajstić information content (AvgIpc) is 3.27. The molecule has 0 spiro atoms. The van der Waals surface area contributed by atoms with Crippen LogP contribution in [0.3, 0.4) is 0 Å². The number of H-pyrrole nitrogens is 1. The summed E-state index contributed by atoms with van der Waals surface area (Å²) in [5.74, 6) is -0.0399. The third kappa shape index (κ3) is 3.38. The standard InChI is InChI=1S/C16H16N4O6S/c1-24-14-7-17-8-15(19-14)25-10-4-5-20(9-10)27(22,23)11-2-3-13-12(6-11)18-16(21)26-13/h2-3,6-8,10H,4-5,9H2,1H3,(H,18,21). The summed E-state index contributed by atoms with van der Waals surface area (Å²) in [7, 11) is -2.26. The molecule has 1 unspecified atom stereocenters. The molecule has 0 aliphatic carbocycles. The number of benzene rings is 1. The lowest BCUT2D eigenvalue weighted by molar-refractivity contribution is 0.203. The Kier molecular flexibility index (Phi) is 4.32. The van der Waals surface area contributed by atoms with Crippen LogP contribution in [0.15, 0.2) is 44.7 Å². The topological polar surface area (TPSA) is 128 Å². The maximum absolute atomic E-state index is 12.9. The highest BCUT2D eigenvalue weighted by atomic mass is 32.2. The molecule has 3 heterocycles. The lowest BCUT2D eigenvalue weighted by atomic mass is 10.3. The van der Waals surface area contributed by atoms with Gasteiger partial charge in [0.05, 0.1) is 36.5 Å². The van der Waals surface area contributed by atoms with Gasteiger partial charge in [0, 0.05) is 6.54 Å². The molecule has 3 aromatic rings. The third-order valence-electron chi connectivity index (χ3n) is 4.22. The van der Waals surface area contributed by atoms with Crippen molar-refractivity contribution in [2.24, 2.45) is 0 Å². The van der Waals surface area contributed by atoms with E-state index in [4.69, 9.17) is 13.9 Å². The molecule has 4 rings (SSSR count). The zero-order valence-electron chi connectivity index (χ0n) is 14.3. The SMILES string of the molecule is COc1cncc(OC2CCN(S(=O)(=O)c3ccc4oc(=O)[nH]c4c3)C2)n1. The normalized spacial score (nSPS) is 18.0. The van der Waals surface area contributed by atoms with Crippen molar-refractivity contribution in [3.8, 4) is 11.8 Å². The fourth-order valence-corrected chi connectivity index (χ4v) is 4.42. The van der Waals surface area contributed by atoms with Crippen LogP contribution in [0.5, 0.6) is 11.8 Å². The van der Waals surface area contributed by atoms with Crippen molar-refractivity contribution < 1.29 is 22.3 Å². The smallest absolute Gasteiger partial charge is 0.417 e. The van der Waals surface area contributed by atoms with Crippen LogP contribution in [-0.2, 0) is 10.0 Å². The van der Waals surface area contributed by atoms with Gasteiger partial charge in [-0.25, -0.2) is 13.2 Å². The highest BCUT2D eigenvalue weighted by Gasteiger charge is 2.34. The third-order valence-corrected chi connectivity index (χ3v) is 6.08. The Morgan fingerprint density at radius 3 is 2.93 bits per heavy atom. The summed E-state index contributed by atoms with van der Waals surface area (Å²) in [5.41, 5.74) is 0.637. The highest BCUT2D eigenvalue weighted by Crippen LogP contribution is 2.25. The Morgan fingerprint density at radius 2 is 2.11 bits per heavy atom. The predicted octanol–water partition coefficient (Wildman–Crippen LogP) is 0.762. The van der Waals surface area contributed by atoms with Gasteiger partial charge in [-0.1, -0.05) is 0 Å². The van der Waals surface area contributed by atoms with E-state index in [0.29, 0.717) is 29.9 Å². The number of aromatic amines is 1. The summed E-state index contributed by atoms with van der Waals surface area (Å²) in [6.07, 6.45) is 3.07. The molecule has 1 aliphatic heterocycles. The van der Waals surface area contributed by atoms with E-state index in [2.05, 4.69) is 15.0 Å². The second kappa shape index (κ2) is 6.67. The monoisotopic (exact) mass is 392 g/mol. The van der Waals surface area contributed by atoms with Crippen molar-refractivity contribution in [1.82, 2.24) is 19.3 Å². The van der Waals surface area contributed by atoms with Gasteiger partial charge in [-0.2, -0.15) is 9.29 Å². The van der Waals surface area contributed by atoms with Crippen LogP contribution in [0.25, 0.3) is 11.1 Å². The van der Waals surface area contributed by atoms with Crippen LogP contribution in [0.2, 0.25) is 0 Å². The maximum Gasteiger partial charge on any atom is 0.417 e. The molecule has 1 saturated heterocycles. The van der Waals surface area contributed by atoms with Crippen molar-refractivity contribution in [3.05, 3.63) is 41.1 Å². The van der Waals surface area contributed by atoms with Crippen LogP contribution in [-0.4, -0.2) is 54.0 Å². The van der Waals surface area contributed by atoms with Gasteiger partial charge < -0.3 is 13.9 Å². The minimum atomic E-state index is -3.73. The number of rotatable bonds is 5. The van der Waals surface area contributed by atoms with E-state index in [9.17, 15) is 13.2 Å². The molecule has 0 saturated carbocycles. The Labute approximate surface area is 153 Å². The molecule has 1 aliphatic rings. The number of methoxy groups -OCH3 is 1. The van der Waals surface area contributed by atoms with Crippen LogP contribution >= 0.6 is 0 Å². The first-order valence-electron chi connectivity index (χ1n) is 8.11. The Balaban J connectivity index is 1.51. The largest absolute Gasteiger partial charge is 0.480 e. The van der Waals surface area contributed by atoms with Gasteiger partial charge in [-0.05, 0) is 24.6 Å². The zero-order valence-corrected chi connectivity index (χ0v) is 15.1. The van der Waals surface area contributed by atoms with Gasteiger partial charge in [0.2, 0.25) is 21.8 Å². The minimum Gasteiger partial charge on any atom is -0.480 e. The van der Waals surface area contributed by atoms with Gasteiger partial charge in [-0.15, -0.1) is 0 Å². The van der Waals surface area contributed by atoms with E-state index >= 15 is 0 Å². The number of aromatic nitrogens is 3. The number of hydrogen-bond donors (Lipinski definition) is 1. The predicted molar refractivity (Wildman–Crippen MR) is 93.2 cm³/mol. The van der Waals surface area contributed by atoms with Crippen molar-refractivity contribution in [3.63, 3.8) is 0 Å². The second-order valence-electron chi connectivity index (χ2n) is 5.96.